The molecule has 1 N–H and O–H groups in total. The summed E-state index contributed by atoms with van der Waals surface area (Å²) in [6.45, 7) is 5.48. The molecule has 3 aromatic rings. The number of morpholine rings is 1. The minimum atomic E-state index is -0.654. The van der Waals surface area contributed by atoms with Crippen LogP contribution < -0.4 is 10.2 Å². The number of hydrogen-bond acceptors (Lipinski definition) is 7. The number of ether oxygens (including phenoxy) is 1. The van der Waals surface area contributed by atoms with Gasteiger partial charge >= 0.3 is 0 Å². The van der Waals surface area contributed by atoms with Gasteiger partial charge in [0, 0.05) is 19.6 Å². The Labute approximate surface area is 188 Å². The first-order chi connectivity index (χ1) is 15.1. The average molecular weight is 465 g/mol. The van der Waals surface area contributed by atoms with E-state index in [0.717, 1.165) is 30.0 Å². The van der Waals surface area contributed by atoms with Crippen LogP contribution in [0.5, 0.6) is 0 Å². The predicted molar refractivity (Wildman–Crippen MR) is 118 cm³/mol. The molecular formula is C20H22ClFN6O2S. The second-order valence-electron chi connectivity index (χ2n) is 6.82. The lowest BCUT2D eigenvalue weighted by Crippen LogP contribution is -2.37. The highest BCUT2D eigenvalue weighted by Gasteiger charge is 2.20. The van der Waals surface area contributed by atoms with E-state index in [0.29, 0.717) is 30.6 Å². The fraction of sp³-hybridized carbons (Fsp3) is 0.400. The largest absolute Gasteiger partial charge is 0.378 e. The van der Waals surface area contributed by atoms with Crippen LogP contribution in [-0.2, 0) is 11.3 Å². The molecule has 31 heavy (non-hydrogen) atoms. The normalized spacial score (nSPS) is 14.2. The van der Waals surface area contributed by atoms with Gasteiger partial charge in [0.05, 0.1) is 41.9 Å². The van der Waals surface area contributed by atoms with Gasteiger partial charge < -0.3 is 15.0 Å². The third-order valence-corrected chi connectivity index (χ3v) is 5.88. The zero-order chi connectivity index (χ0) is 21.8. The zero-order valence-electron chi connectivity index (χ0n) is 17.0. The minimum absolute atomic E-state index is 0.0752. The Morgan fingerprint density at radius 3 is 2.87 bits per heavy atom. The molecule has 0 unspecified atom stereocenters. The number of carbonyl (C=O) groups is 1. The van der Waals surface area contributed by atoms with E-state index in [2.05, 4.69) is 20.3 Å². The number of nitrogens with one attached hydrogen (secondary N) is 1. The topological polar surface area (TPSA) is 85.2 Å². The Morgan fingerprint density at radius 2 is 2.13 bits per heavy atom. The van der Waals surface area contributed by atoms with Crippen LogP contribution in [0.3, 0.4) is 0 Å². The van der Waals surface area contributed by atoms with E-state index in [1.807, 2.05) is 6.92 Å². The highest BCUT2D eigenvalue weighted by atomic mass is 35.5. The maximum absolute atomic E-state index is 14.0. The van der Waals surface area contributed by atoms with Gasteiger partial charge in [0.25, 0.3) is 5.91 Å². The average Bonchev–Trinajstić information content (AvgIpc) is 3.17. The number of hydrogen-bond donors (Lipinski definition) is 1. The summed E-state index contributed by atoms with van der Waals surface area (Å²) in [6, 6.07) is 4.15. The number of halogens is 2. The molecule has 0 spiro atoms. The lowest BCUT2D eigenvalue weighted by molar-refractivity contribution is 0.0948. The van der Waals surface area contributed by atoms with E-state index in [4.69, 9.17) is 21.3 Å². The summed E-state index contributed by atoms with van der Waals surface area (Å²) in [6.07, 6.45) is 1.75. The van der Waals surface area contributed by atoms with E-state index < -0.39 is 11.7 Å². The lowest BCUT2D eigenvalue weighted by atomic mass is 10.2. The maximum Gasteiger partial charge on any atom is 0.255 e. The van der Waals surface area contributed by atoms with E-state index in [9.17, 15) is 9.18 Å². The van der Waals surface area contributed by atoms with Crippen molar-refractivity contribution in [3.05, 3.63) is 40.8 Å². The van der Waals surface area contributed by atoms with Crippen LogP contribution in [0.25, 0.3) is 11.0 Å². The van der Waals surface area contributed by atoms with Crippen molar-refractivity contribution in [3.8, 4) is 0 Å². The summed E-state index contributed by atoms with van der Waals surface area (Å²) in [4.78, 5) is 24.0. The van der Waals surface area contributed by atoms with Gasteiger partial charge in [-0.25, -0.2) is 19.0 Å². The number of fused-ring (bicyclic) bond motifs is 1. The number of carbonyl (C=O) groups excluding carboxylic acids is 1. The molecule has 1 saturated heterocycles. The van der Waals surface area contributed by atoms with Gasteiger partial charge in [-0.1, -0.05) is 36.4 Å². The number of thioether (sulfide) groups is 1. The predicted octanol–water partition coefficient (Wildman–Crippen LogP) is 3.00. The Kier molecular flexibility index (Phi) is 6.89. The summed E-state index contributed by atoms with van der Waals surface area (Å²) in [5.41, 5.74) is 0.540. The summed E-state index contributed by atoms with van der Waals surface area (Å²) in [5, 5.41) is 8.76. The molecule has 11 heteroatoms. The molecule has 1 fully saturated rings. The SMILES string of the molecule is CCSc1nc(N2CCOCC2)c2cnn(CCNC(=O)c3c(F)cccc3Cl)c2n1. The fourth-order valence-electron chi connectivity index (χ4n) is 3.37. The van der Waals surface area contributed by atoms with Crippen LogP contribution in [0.4, 0.5) is 10.2 Å². The van der Waals surface area contributed by atoms with Crippen molar-refractivity contribution in [3.63, 3.8) is 0 Å². The lowest BCUT2D eigenvalue weighted by Gasteiger charge is -2.28. The number of nitrogens with zero attached hydrogens (tertiary/aromatic N) is 5. The summed E-state index contributed by atoms with van der Waals surface area (Å²) < 4.78 is 21.1. The Hall–Kier alpha value is -2.43. The number of amides is 1. The van der Waals surface area contributed by atoms with Crippen LogP contribution in [0.1, 0.15) is 17.3 Å². The molecular weight excluding hydrogens is 443 g/mol. The Balaban J connectivity index is 1.54. The number of aromatic nitrogens is 4. The molecule has 0 bridgehead atoms. The number of anilines is 1. The van der Waals surface area contributed by atoms with Crippen LogP contribution in [-0.4, -0.2) is 64.3 Å². The third kappa shape index (κ3) is 4.76. The monoisotopic (exact) mass is 464 g/mol. The van der Waals surface area contributed by atoms with Crippen molar-refractivity contribution in [1.29, 1.82) is 0 Å². The first-order valence-electron chi connectivity index (χ1n) is 9.99. The summed E-state index contributed by atoms with van der Waals surface area (Å²) >= 11 is 7.53. The number of rotatable bonds is 7. The Morgan fingerprint density at radius 1 is 1.32 bits per heavy atom. The molecule has 164 valence electrons. The molecule has 4 rings (SSSR count). The van der Waals surface area contributed by atoms with E-state index in [1.165, 1.54) is 18.2 Å². The van der Waals surface area contributed by atoms with Crippen molar-refractivity contribution in [2.45, 2.75) is 18.6 Å². The first-order valence-corrected chi connectivity index (χ1v) is 11.4. The van der Waals surface area contributed by atoms with Crippen LogP contribution >= 0.6 is 23.4 Å². The van der Waals surface area contributed by atoms with Gasteiger partial charge in [-0.15, -0.1) is 0 Å². The van der Waals surface area contributed by atoms with E-state index >= 15 is 0 Å². The molecule has 3 heterocycles. The fourth-order valence-corrected chi connectivity index (χ4v) is 4.18. The van der Waals surface area contributed by atoms with Gasteiger partial charge in [-0.05, 0) is 17.9 Å². The van der Waals surface area contributed by atoms with Gasteiger partial charge in [-0.3, -0.25) is 4.79 Å². The van der Waals surface area contributed by atoms with Crippen LogP contribution in [0.15, 0.2) is 29.6 Å². The van der Waals surface area contributed by atoms with Crippen molar-refractivity contribution >= 4 is 46.1 Å². The Bertz CT molecular complexity index is 1070. The molecule has 0 atom stereocenters. The molecule has 1 aliphatic rings. The first kappa shape index (κ1) is 21.8. The van der Waals surface area contributed by atoms with Gasteiger partial charge in [0.2, 0.25) is 0 Å². The van der Waals surface area contributed by atoms with E-state index in [-0.39, 0.29) is 17.1 Å². The van der Waals surface area contributed by atoms with Gasteiger partial charge in [0.15, 0.2) is 10.8 Å². The van der Waals surface area contributed by atoms with Crippen molar-refractivity contribution in [2.24, 2.45) is 0 Å². The molecule has 2 aromatic heterocycles. The maximum atomic E-state index is 14.0. The number of benzene rings is 1. The molecule has 0 aliphatic carbocycles. The molecule has 0 radical (unpaired) electrons. The molecule has 1 aliphatic heterocycles. The minimum Gasteiger partial charge on any atom is -0.378 e. The summed E-state index contributed by atoms with van der Waals surface area (Å²) in [5.74, 6) is 0.475. The smallest absolute Gasteiger partial charge is 0.255 e. The van der Waals surface area contributed by atoms with Crippen LogP contribution in [0.2, 0.25) is 5.02 Å². The van der Waals surface area contributed by atoms with Crippen molar-refractivity contribution < 1.29 is 13.9 Å². The quantitative estimate of drug-likeness (QED) is 0.425. The van der Waals surface area contributed by atoms with Crippen molar-refractivity contribution in [1.82, 2.24) is 25.1 Å². The van der Waals surface area contributed by atoms with Gasteiger partial charge in [0.1, 0.15) is 11.6 Å². The third-order valence-electron chi connectivity index (χ3n) is 4.84. The standard InChI is InChI=1S/C20H22ClFN6O2S/c1-2-31-20-25-17(27-8-10-30-11-9-27)13-12-24-28(18(13)26-20)7-6-23-19(29)16-14(21)4-3-5-15(16)22/h3-5,12H,2,6-11H2,1H3,(H,23,29). The van der Waals surface area contributed by atoms with Gasteiger partial charge in [-0.2, -0.15) is 5.10 Å². The molecule has 0 saturated carbocycles. The second kappa shape index (κ2) is 9.80. The molecule has 1 aromatic carbocycles. The highest BCUT2D eigenvalue weighted by Crippen LogP contribution is 2.27. The molecule has 8 nitrogen and oxygen atoms in total. The van der Waals surface area contributed by atoms with Crippen molar-refractivity contribution in [2.75, 3.05) is 43.5 Å². The van der Waals surface area contributed by atoms with E-state index in [1.54, 1.807) is 22.6 Å². The second-order valence-corrected chi connectivity index (χ2v) is 8.46. The van der Waals surface area contributed by atoms with Crippen LogP contribution in [0, 0.1) is 5.82 Å². The highest BCUT2D eigenvalue weighted by molar-refractivity contribution is 7.99. The zero-order valence-corrected chi connectivity index (χ0v) is 18.5. The molecule has 1 amide bonds. The summed E-state index contributed by atoms with van der Waals surface area (Å²) in [7, 11) is 0.